The Hall–Kier alpha value is -2.76. The Bertz CT molecular complexity index is 1150. The summed E-state index contributed by atoms with van der Waals surface area (Å²) in [4.78, 5) is 52.2. The van der Waals surface area contributed by atoms with Gasteiger partial charge in [-0.15, -0.1) is 0 Å². The van der Waals surface area contributed by atoms with E-state index in [9.17, 15) is 34.5 Å². The second-order valence-electron chi connectivity index (χ2n) is 11.5. The fraction of sp³-hybridized carbons (Fsp3) is 0.692. The van der Waals surface area contributed by atoms with Gasteiger partial charge in [-0.05, 0) is 44.1 Å². The smallest absolute Gasteiger partial charge is 0.348 e. The SMILES string of the molecule is COC(=O)[C@@]12OC[C@@]34[C@@H](C[C@@H]5C(C)=C(O)C(=O)C[C@]5(C)[C@@H]3C(O)C1O)OC(=O)C(OC(=O)C=C(C)C)[C@@H]42. The zero-order valence-corrected chi connectivity index (χ0v) is 21.3. The van der Waals surface area contributed by atoms with Crippen LogP contribution in [0.3, 0.4) is 0 Å². The van der Waals surface area contributed by atoms with Crippen molar-refractivity contribution in [3.8, 4) is 0 Å². The van der Waals surface area contributed by atoms with Crippen LogP contribution < -0.4 is 0 Å². The lowest BCUT2D eigenvalue weighted by atomic mass is 9.38. The minimum atomic E-state index is -2.22. The molecule has 37 heavy (non-hydrogen) atoms. The molecule has 3 unspecified atom stereocenters. The first-order valence-electron chi connectivity index (χ1n) is 12.3. The van der Waals surface area contributed by atoms with Gasteiger partial charge in [-0.3, -0.25) is 4.79 Å². The first kappa shape index (κ1) is 25.9. The molecular weight excluding hydrogens is 488 g/mol. The highest BCUT2D eigenvalue weighted by atomic mass is 16.6. The van der Waals surface area contributed by atoms with Gasteiger partial charge in [0.1, 0.15) is 12.2 Å². The number of fused-ring (bicyclic) bond motifs is 2. The van der Waals surface area contributed by atoms with Gasteiger partial charge in [0.2, 0.25) is 11.7 Å². The van der Waals surface area contributed by atoms with Crippen LogP contribution in [0.25, 0.3) is 0 Å². The molecule has 0 aromatic carbocycles. The Morgan fingerprint density at radius 3 is 2.46 bits per heavy atom. The average Bonchev–Trinajstić information content (AvgIpc) is 3.12. The minimum Gasteiger partial charge on any atom is -0.504 e. The largest absolute Gasteiger partial charge is 0.504 e. The van der Waals surface area contributed by atoms with Crippen LogP contribution in [0.15, 0.2) is 23.0 Å². The van der Waals surface area contributed by atoms with Crippen molar-refractivity contribution in [2.45, 2.75) is 70.6 Å². The van der Waals surface area contributed by atoms with Crippen molar-refractivity contribution in [3.63, 3.8) is 0 Å². The fourth-order valence-electron chi connectivity index (χ4n) is 8.25. The van der Waals surface area contributed by atoms with E-state index in [-0.39, 0.29) is 25.2 Å². The van der Waals surface area contributed by atoms with Crippen molar-refractivity contribution in [3.05, 3.63) is 23.0 Å². The molecule has 202 valence electrons. The molecule has 1 spiro atoms. The van der Waals surface area contributed by atoms with E-state index in [0.717, 1.165) is 7.11 Å². The number of allylic oxidation sites excluding steroid dienone is 3. The van der Waals surface area contributed by atoms with Crippen molar-refractivity contribution in [1.82, 2.24) is 0 Å². The molecule has 3 aliphatic carbocycles. The van der Waals surface area contributed by atoms with Gasteiger partial charge < -0.3 is 34.3 Å². The van der Waals surface area contributed by atoms with Crippen molar-refractivity contribution in [2.24, 2.45) is 28.6 Å². The Labute approximate surface area is 213 Å². The number of carbonyl (C=O) groups excluding carboxylic acids is 4. The van der Waals surface area contributed by atoms with Crippen molar-refractivity contribution in [2.75, 3.05) is 13.7 Å². The molecule has 11 nitrogen and oxygen atoms in total. The number of ether oxygens (including phenoxy) is 4. The highest BCUT2D eigenvalue weighted by Gasteiger charge is 2.85. The Morgan fingerprint density at radius 1 is 1.16 bits per heavy atom. The van der Waals surface area contributed by atoms with Gasteiger partial charge in [0, 0.05) is 23.8 Å². The summed E-state index contributed by atoms with van der Waals surface area (Å²) in [7, 11) is 1.09. The third kappa shape index (κ3) is 3.04. The minimum absolute atomic E-state index is 0.141. The summed E-state index contributed by atoms with van der Waals surface area (Å²) in [6.45, 7) is 6.53. The second kappa shape index (κ2) is 8.12. The maximum Gasteiger partial charge on any atom is 0.348 e. The normalized spacial score (nSPS) is 45.9. The lowest BCUT2D eigenvalue weighted by Gasteiger charge is -2.67. The quantitative estimate of drug-likeness (QED) is 0.270. The van der Waals surface area contributed by atoms with E-state index in [4.69, 9.17) is 18.9 Å². The number of ketones is 1. The molecule has 4 fully saturated rings. The third-order valence-corrected chi connectivity index (χ3v) is 9.49. The highest BCUT2D eigenvalue weighted by molar-refractivity contribution is 5.95. The summed E-state index contributed by atoms with van der Waals surface area (Å²) in [6, 6.07) is 0. The number of hydrogen-bond donors (Lipinski definition) is 3. The first-order chi connectivity index (χ1) is 17.3. The third-order valence-electron chi connectivity index (χ3n) is 9.49. The van der Waals surface area contributed by atoms with Crippen LogP contribution in [-0.2, 0) is 38.1 Å². The summed E-state index contributed by atoms with van der Waals surface area (Å²) < 4.78 is 22.5. The number of Topliss-reactive ketones (excluding diaryl/α,β-unsaturated/α-hetero) is 1. The van der Waals surface area contributed by atoms with Crippen LogP contribution in [0.4, 0.5) is 0 Å². The van der Waals surface area contributed by atoms with E-state index >= 15 is 0 Å². The molecule has 10 atom stereocenters. The van der Waals surface area contributed by atoms with E-state index in [1.165, 1.54) is 6.08 Å². The second-order valence-corrected chi connectivity index (χ2v) is 11.5. The maximum atomic E-state index is 13.4. The Morgan fingerprint density at radius 2 is 1.84 bits per heavy atom. The van der Waals surface area contributed by atoms with Crippen LogP contribution in [0.5, 0.6) is 0 Å². The predicted molar refractivity (Wildman–Crippen MR) is 122 cm³/mol. The average molecular weight is 521 g/mol. The van der Waals surface area contributed by atoms with Gasteiger partial charge in [-0.25, -0.2) is 14.4 Å². The standard InChI is InChI=1S/C26H32O11/c1-10(2)6-15(28)37-18-20-25-9-35-26(20,23(33)34-5)21(31)17(30)19(25)24(4)8-13(27)16(29)11(3)12(24)7-14(25)36-22(18)32/h6,12,14,17-21,29-31H,7-9H2,1-5H3/t12-,14-,17?,18?,19+,20+,21?,24+,25-,26+/m1/s1. The number of aliphatic hydroxyl groups excluding tert-OH is 3. The van der Waals surface area contributed by atoms with Crippen molar-refractivity contribution < 1.29 is 53.4 Å². The van der Waals surface area contributed by atoms with Gasteiger partial charge in [0.05, 0.1) is 25.7 Å². The number of methoxy groups -OCH3 is 1. The maximum absolute atomic E-state index is 13.4. The highest BCUT2D eigenvalue weighted by Crippen LogP contribution is 2.72. The lowest BCUT2D eigenvalue weighted by molar-refractivity contribution is -0.290. The predicted octanol–water partition coefficient (Wildman–Crippen LogP) is 0.517. The van der Waals surface area contributed by atoms with E-state index in [2.05, 4.69) is 0 Å². The molecule has 11 heteroatoms. The summed E-state index contributed by atoms with van der Waals surface area (Å²) in [5, 5.41) is 33.6. The van der Waals surface area contributed by atoms with Crippen LogP contribution >= 0.6 is 0 Å². The van der Waals surface area contributed by atoms with E-state index in [0.29, 0.717) is 11.1 Å². The Balaban J connectivity index is 1.74. The molecule has 0 radical (unpaired) electrons. The van der Waals surface area contributed by atoms with Gasteiger partial charge >= 0.3 is 17.9 Å². The topological polar surface area (TPSA) is 166 Å². The molecule has 2 aliphatic heterocycles. The molecule has 0 amide bonds. The summed E-state index contributed by atoms with van der Waals surface area (Å²) in [5.41, 5.74) is -3.50. The van der Waals surface area contributed by atoms with Gasteiger partial charge in [0.25, 0.3) is 0 Å². The number of carbonyl (C=O) groups is 4. The molecule has 2 saturated heterocycles. The van der Waals surface area contributed by atoms with Crippen molar-refractivity contribution in [1.29, 1.82) is 0 Å². The van der Waals surface area contributed by atoms with Crippen LogP contribution in [0.2, 0.25) is 0 Å². The molecule has 0 aromatic heterocycles. The van der Waals surface area contributed by atoms with Gasteiger partial charge in [0.15, 0.2) is 11.5 Å². The molecule has 5 rings (SSSR count). The summed E-state index contributed by atoms with van der Waals surface area (Å²) in [5.74, 6) is -6.30. The van der Waals surface area contributed by atoms with Crippen LogP contribution in [-0.4, -0.2) is 82.7 Å². The number of aliphatic hydroxyl groups is 3. The molecule has 2 saturated carbocycles. The lowest BCUT2D eigenvalue weighted by Crippen LogP contribution is -2.79. The van der Waals surface area contributed by atoms with Gasteiger partial charge in [-0.1, -0.05) is 12.5 Å². The van der Waals surface area contributed by atoms with E-state index in [1.54, 1.807) is 27.7 Å². The monoisotopic (exact) mass is 520 g/mol. The molecule has 2 bridgehead atoms. The Kier molecular flexibility index (Phi) is 5.68. The molecule has 3 N–H and O–H groups in total. The number of hydrogen-bond acceptors (Lipinski definition) is 11. The fourth-order valence-corrected chi connectivity index (χ4v) is 8.25. The van der Waals surface area contributed by atoms with Crippen LogP contribution in [0, 0.1) is 28.6 Å². The summed E-state index contributed by atoms with van der Waals surface area (Å²) >= 11 is 0. The van der Waals surface area contributed by atoms with Crippen LogP contribution in [0.1, 0.15) is 40.5 Å². The van der Waals surface area contributed by atoms with Gasteiger partial charge in [-0.2, -0.15) is 0 Å². The van der Waals surface area contributed by atoms with E-state index < -0.39 is 82.3 Å². The van der Waals surface area contributed by atoms with E-state index in [1.807, 2.05) is 0 Å². The molecular formula is C26H32O11. The summed E-state index contributed by atoms with van der Waals surface area (Å²) in [6.07, 6.45) is -4.79. The molecule has 5 aliphatic rings. The zero-order chi connectivity index (χ0) is 27.2. The number of rotatable bonds is 3. The molecule has 2 heterocycles. The first-order valence-corrected chi connectivity index (χ1v) is 12.3. The van der Waals surface area contributed by atoms with Crippen molar-refractivity contribution >= 4 is 23.7 Å². The zero-order valence-electron chi connectivity index (χ0n) is 21.3. The number of esters is 3. The molecule has 0 aromatic rings.